The van der Waals surface area contributed by atoms with Gasteiger partial charge in [-0.2, -0.15) is 0 Å². The Bertz CT molecular complexity index is 879. The summed E-state index contributed by atoms with van der Waals surface area (Å²) in [5, 5.41) is 2.92. The first-order valence-corrected chi connectivity index (χ1v) is 10.8. The van der Waals surface area contributed by atoms with Crippen LogP contribution in [0.2, 0.25) is 0 Å². The lowest BCUT2D eigenvalue weighted by atomic mass is 10.1. The Morgan fingerprint density at radius 3 is 2.81 bits per heavy atom. The molecule has 166 valence electrons. The van der Waals surface area contributed by atoms with E-state index in [1.54, 1.807) is 30.2 Å². The molecule has 1 aliphatic heterocycles. The van der Waals surface area contributed by atoms with Gasteiger partial charge < -0.3 is 29.0 Å². The van der Waals surface area contributed by atoms with Gasteiger partial charge in [-0.3, -0.25) is 4.79 Å². The lowest BCUT2D eigenvalue weighted by Gasteiger charge is -2.37. The van der Waals surface area contributed by atoms with Crippen LogP contribution in [0.25, 0.3) is 0 Å². The standard InChI is InChI=1S/C23H29N3O5/c1-29-19-9-4-6-17(14-19)24-23(28)25-11-13-30-20(15-25)16-26(18-7-2-3-8-18)22(27)21-10-5-12-31-21/h4-6,9-10,12,14,18,20H,2-3,7-8,11,13,15-16H2,1H3,(H,24,28). The van der Waals surface area contributed by atoms with Crippen molar-refractivity contribution in [2.75, 3.05) is 38.7 Å². The van der Waals surface area contributed by atoms with Gasteiger partial charge in [0, 0.05) is 30.9 Å². The molecule has 0 radical (unpaired) electrons. The molecule has 2 heterocycles. The molecule has 1 atom stereocenters. The van der Waals surface area contributed by atoms with E-state index < -0.39 is 0 Å². The monoisotopic (exact) mass is 427 g/mol. The van der Waals surface area contributed by atoms with Crippen molar-refractivity contribution in [3.63, 3.8) is 0 Å². The van der Waals surface area contributed by atoms with Crippen LogP contribution >= 0.6 is 0 Å². The fourth-order valence-corrected chi connectivity index (χ4v) is 4.29. The van der Waals surface area contributed by atoms with E-state index in [0.717, 1.165) is 25.7 Å². The van der Waals surface area contributed by atoms with Crippen molar-refractivity contribution in [3.8, 4) is 5.75 Å². The number of urea groups is 1. The predicted octanol–water partition coefficient (Wildman–Crippen LogP) is 3.61. The summed E-state index contributed by atoms with van der Waals surface area (Å²) >= 11 is 0. The molecule has 1 N–H and O–H groups in total. The average molecular weight is 428 g/mol. The van der Waals surface area contributed by atoms with E-state index >= 15 is 0 Å². The quantitative estimate of drug-likeness (QED) is 0.761. The topological polar surface area (TPSA) is 84.2 Å². The number of amides is 3. The van der Waals surface area contributed by atoms with E-state index in [-0.39, 0.29) is 24.1 Å². The fraction of sp³-hybridized carbons (Fsp3) is 0.478. The Morgan fingerprint density at radius 2 is 2.06 bits per heavy atom. The van der Waals surface area contributed by atoms with Crippen LogP contribution in [0.15, 0.2) is 47.1 Å². The molecule has 2 aromatic rings. The van der Waals surface area contributed by atoms with Gasteiger partial charge in [0.2, 0.25) is 0 Å². The van der Waals surface area contributed by atoms with Crippen molar-refractivity contribution in [2.24, 2.45) is 0 Å². The van der Waals surface area contributed by atoms with Crippen molar-refractivity contribution in [1.29, 1.82) is 0 Å². The summed E-state index contributed by atoms with van der Waals surface area (Å²) in [5.41, 5.74) is 0.674. The number of furan rings is 1. The number of nitrogens with zero attached hydrogens (tertiary/aromatic N) is 2. The number of ether oxygens (including phenoxy) is 2. The second-order valence-corrected chi connectivity index (χ2v) is 7.97. The lowest BCUT2D eigenvalue weighted by molar-refractivity contribution is -0.0312. The van der Waals surface area contributed by atoms with Crippen molar-refractivity contribution in [1.82, 2.24) is 9.80 Å². The highest BCUT2D eigenvalue weighted by Crippen LogP contribution is 2.26. The summed E-state index contributed by atoms with van der Waals surface area (Å²) in [4.78, 5) is 29.5. The maximum atomic E-state index is 13.1. The highest BCUT2D eigenvalue weighted by molar-refractivity contribution is 5.92. The highest BCUT2D eigenvalue weighted by Gasteiger charge is 2.33. The second-order valence-electron chi connectivity index (χ2n) is 7.97. The number of methoxy groups -OCH3 is 1. The van der Waals surface area contributed by atoms with Gasteiger partial charge in [-0.25, -0.2) is 4.79 Å². The molecule has 0 bridgehead atoms. The van der Waals surface area contributed by atoms with Crippen LogP contribution < -0.4 is 10.1 Å². The van der Waals surface area contributed by atoms with Gasteiger partial charge in [-0.1, -0.05) is 18.9 Å². The number of hydrogen-bond donors (Lipinski definition) is 1. The molecule has 1 aromatic heterocycles. The minimum Gasteiger partial charge on any atom is -0.497 e. The van der Waals surface area contributed by atoms with Gasteiger partial charge in [-0.15, -0.1) is 0 Å². The Hall–Kier alpha value is -3.00. The third kappa shape index (κ3) is 5.19. The van der Waals surface area contributed by atoms with Crippen molar-refractivity contribution >= 4 is 17.6 Å². The van der Waals surface area contributed by atoms with Crippen molar-refractivity contribution in [3.05, 3.63) is 48.4 Å². The van der Waals surface area contributed by atoms with Crippen molar-refractivity contribution < 1.29 is 23.5 Å². The van der Waals surface area contributed by atoms with E-state index in [0.29, 0.717) is 43.4 Å². The molecule has 2 fully saturated rings. The van der Waals surface area contributed by atoms with Crippen LogP contribution in [0.3, 0.4) is 0 Å². The molecule has 1 aromatic carbocycles. The number of benzene rings is 1. The van der Waals surface area contributed by atoms with Crippen molar-refractivity contribution in [2.45, 2.75) is 37.8 Å². The first kappa shape index (κ1) is 21.2. The number of nitrogens with one attached hydrogen (secondary N) is 1. The SMILES string of the molecule is COc1cccc(NC(=O)N2CCOC(CN(C(=O)c3ccco3)C3CCCC3)C2)c1. The number of rotatable bonds is 6. The number of carbonyl (C=O) groups is 2. The van der Waals surface area contributed by atoms with Crippen LogP contribution in [0.4, 0.5) is 10.5 Å². The summed E-state index contributed by atoms with van der Waals surface area (Å²) < 4.78 is 16.5. The minimum absolute atomic E-state index is 0.113. The van der Waals surface area contributed by atoms with E-state index in [9.17, 15) is 9.59 Å². The van der Waals surface area contributed by atoms with Gasteiger partial charge in [0.25, 0.3) is 5.91 Å². The molecule has 1 aliphatic carbocycles. The summed E-state index contributed by atoms with van der Waals surface area (Å²) in [7, 11) is 1.59. The molecule has 1 saturated carbocycles. The zero-order valence-corrected chi connectivity index (χ0v) is 17.8. The summed E-state index contributed by atoms with van der Waals surface area (Å²) in [6, 6.07) is 10.7. The van der Waals surface area contributed by atoms with Gasteiger partial charge in [0.15, 0.2) is 5.76 Å². The van der Waals surface area contributed by atoms with Gasteiger partial charge >= 0.3 is 6.03 Å². The maximum Gasteiger partial charge on any atom is 0.322 e. The average Bonchev–Trinajstić information content (AvgIpc) is 3.52. The van der Waals surface area contributed by atoms with Crippen LogP contribution in [-0.2, 0) is 4.74 Å². The highest BCUT2D eigenvalue weighted by atomic mass is 16.5. The van der Waals surface area contributed by atoms with Crippen LogP contribution in [0, 0.1) is 0 Å². The number of carbonyl (C=O) groups excluding carboxylic acids is 2. The molecule has 8 nitrogen and oxygen atoms in total. The summed E-state index contributed by atoms with van der Waals surface area (Å²) in [6.45, 7) is 1.79. The van der Waals surface area contributed by atoms with E-state index in [1.807, 2.05) is 23.1 Å². The molecule has 3 amide bonds. The molecular weight excluding hydrogens is 398 g/mol. The molecule has 4 rings (SSSR count). The Kier molecular flexibility index (Phi) is 6.76. The summed E-state index contributed by atoms with van der Waals surface area (Å²) in [5.74, 6) is 0.912. The third-order valence-electron chi connectivity index (χ3n) is 5.91. The first-order valence-electron chi connectivity index (χ1n) is 10.8. The van der Waals surface area contributed by atoms with E-state index in [1.165, 1.54) is 6.26 Å². The van der Waals surface area contributed by atoms with Gasteiger partial charge in [0.1, 0.15) is 5.75 Å². The van der Waals surface area contributed by atoms with Crippen LogP contribution in [0.1, 0.15) is 36.2 Å². The summed E-state index contributed by atoms with van der Waals surface area (Å²) in [6.07, 6.45) is 5.48. The maximum absolute atomic E-state index is 13.1. The second kappa shape index (κ2) is 9.87. The zero-order chi connectivity index (χ0) is 21.6. The zero-order valence-electron chi connectivity index (χ0n) is 17.8. The lowest BCUT2D eigenvalue weighted by Crippen LogP contribution is -2.53. The van der Waals surface area contributed by atoms with E-state index in [2.05, 4.69) is 5.32 Å². The number of morpholine rings is 1. The normalized spacial score (nSPS) is 19.3. The largest absolute Gasteiger partial charge is 0.497 e. The van der Waals surface area contributed by atoms with Gasteiger partial charge in [0.05, 0.1) is 32.6 Å². The van der Waals surface area contributed by atoms with Crippen LogP contribution in [-0.4, -0.2) is 67.2 Å². The number of anilines is 1. The van der Waals surface area contributed by atoms with Gasteiger partial charge in [-0.05, 0) is 37.1 Å². The first-order chi connectivity index (χ1) is 15.1. The smallest absolute Gasteiger partial charge is 0.322 e. The molecule has 2 aliphatic rings. The Morgan fingerprint density at radius 1 is 1.23 bits per heavy atom. The third-order valence-corrected chi connectivity index (χ3v) is 5.91. The molecular formula is C23H29N3O5. The number of hydrogen-bond acceptors (Lipinski definition) is 5. The molecule has 1 saturated heterocycles. The molecule has 0 spiro atoms. The van der Waals surface area contributed by atoms with Crippen LogP contribution in [0.5, 0.6) is 5.75 Å². The molecule has 1 unspecified atom stereocenters. The fourth-order valence-electron chi connectivity index (χ4n) is 4.29. The predicted molar refractivity (Wildman–Crippen MR) is 115 cm³/mol. The Labute approximate surface area is 182 Å². The molecule has 8 heteroatoms. The Balaban J connectivity index is 1.40. The molecule has 31 heavy (non-hydrogen) atoms. The van der Waals surface area contributed by atoms with E-state index in [4.69, 9.17) is 13.9 Å². The minimum atomic E-state index is -0.246.